The number of carbonyl (C=O) groups excluding carboxylic acids is 1. The van der Waals surface area contributed by atoms with Gasteiger partial charge in [-0.15, -0.1) is 0 Å². The lowest BCUT2D eigenvalue weighted by atomic mass is 10.2. The molecule has 0 aromatic carbocycles. The first-order chi connectivity index (χ1) is 9.99. The van der Waals surface area contributed by atoms with Gasteiger partial charge in [-0.3, -0.25) is 9.48 Å². The molecule has 1 saturated heterocycles. The summed E-state index contributed by atoms with van der Waals surface area (Å²) >= 11 is 0. The Kier molecular flexibility index (Phi) is 5.26. The molecule has 2 rings (SSSR count). The number of nitrogens with one attached hydrogen (secondary N) is 1. The molecule has 118 valence electrons. The van der Waals surface area contributed by atoms with Crippen LogP contribution in [0, 0.1) is 13.8 Å². The quantitative estimate of drug-likeness (QED) is 0.928. The molecule has 0 aliphatic carbocycles. The summed E-state index contributed by atoms with van der Waals surface area (Å²) in [6, 6.07) is 0.127. The van der Waals surface area contributed by atoms with E-state index in [0.29, 0.717) is 6.42 Å². The maximum Gasteiger partial charge on any atom is 0.224 e. The number of carbonyl (C=O) groups is 1. The SMILES string of the molecule is Cc1nn(C)c(C)c1N[C@H](C)CC(=O)N1CCCCCC1. The van der Waals surface area contributed by atoms with Gasteiger partial charge in [0.25, 0.3) is 0 Å². The van der Waals surface area contributed by atoms with Gasteiger partial charge in [-0.25, -0.2) is 0 Å². The maximum absolute atomic E-state index is 12.4. The van der Waals surface area contributed by atoms with Crippen molar-refractivity contribution in [2.75, 3.05) is 18.4 Å². The van der Waals surface area contributed by atoms with E-state index in [1.54, 1.807) is 0 Å². The van der Waals surface area contributed by atoms with Crippen molar-refractivity contribution in [1.29, 1.82) is 0 Å². The van der Waals surface area contributed by atoms with Gasteiger partial charge in [0.2, 0.25) is 5.91 Å². The third-order valence-corrected chi connectivity index (χ3v) is 4.34. The molecule has 0 bridgehead atoms. The minimum Gasteiger partial charge on any atom is -0.379 e. The second-order valence-corrected chi connectivity index (χ2v) is 6.21. The van der Waals surface area contributed by atoms with E-state index < -0.39 is 0 Å². The molecule has 1 fully saturated rings. The van der Waals surface area contributed by atoms with E-state index in [4.69, 9.17) is 0 Å². The zero-order chi connectivity index (χ0) is 15.4. The van der Waals surface area contributed by atoms with Crippen LogP contribution in [0.1, 0.15) is 50.4 Å². The Morgan fingerprint density at radius 3 is 2.38 bits per heavy atom. The summed E-state index contributed by atoms with van der Waals surface area (Å²) in [5, 5.41) is 7.86. The van der Waals surface area contributed by atoms with Gasteiger partial charge < -0.3 is 10.2 Å². The molecule has 1 aliphatic heterocycles. The molecule has 0 unspecified atom stereocenters. The van der Waals surface area contributed by atoms with Crippen molar-refractivity contribution < 1.29 is 4.79 Å². The molecule has 1 aromatic heterocycles. The minimum atomic E-state index is 0.127. The fourth-order valence-corrected chi connectivity index (χ4v) is 2.99. The van der Waals surface area contributed by atoms with Crippen molar-refractivity contribution in [3.8, 4) is 0 Å². The molecular formula is C16H28N4O. The summed E-state index contributed by atoms with van der Waals surface area (Å²) in [4.78, 5) is 14.4. The van der Waals surface area contributed by atoms with Crippen molar-refractivity contribution in [2.45, 2.75) is 58.9 Å². The highest BCUT2D eigenvalue weighted by Gasteiger charge is 2.19. The predicted octanol–water partition coefficient (Wildman–Crippen LogP) is 2.63. The van der Waals surface area contributed by atoms with E-state index in [1.807, 2.05) is 30.5 Å². The van der Waals surface area contributed by atoms with Gasteiger partial charge in [0.15, 0.2) is 0 Å². The second kappa shape index (κ2) is 6.96. The minimum absolute atomic E-state index is 0.127. The summed E-state index contributed by atoms with van der Waals surface area (Å²) in [6.45, 7) is 7.97. The van der Waals surface area contributed by atoms with Crippen molar-refractivity contribution in [2.24, 2.45) is 7.05 Å². The van der Waals surface area contributed by atoms with Crippen molar-refractivity contribution >= 4 is 11.6 Å². The van der Waals surface area contributed by atoms with E-state index in [0.717, 1.165) is 43.0 Å². The van der Waals surface area contributed by atoms with Gasteiger partial charge in [0.05, 0.1) is 17.1 Å². The van der Waals surface area contributed by atoms with Crippen molar-refractivity contribution in [3.05, 3.63) is 11.4 Å². The summed E-state index contributed by atoms with van der Waals surface area (Å²) < 4.78 is 1.88. The smallest absolute Gasteiger partial charge is 0.224 e. The monoisotopic (exact) mass is 292 g/mol. The van der Waals surface area contributed by atoms with Crippen LogP contribution >= 0.6 is 0 Å². The van der Waals surface area contributed by atoms with Crippen molar-refractivity contribution in [3.63, 3.8) is 0 Å². The van der Waals surface area contributed by atoms with E-state index in [9.17, 15) is 4.79 Å². The standard InChI is InChI=1S/C16H28N4O/c1-12(17-16-13(2)18-19(4)14(16)3)11-15(21)20-9-7-5-6-8-10-20/h12,17H,5-11H2,1-4H3/t12-/m1/s1. The lowest BCUT2D eigenvalue weighted by molar-refractivity contribution is -0.131. The van der Waals surface area contributed by atoms with Crippen LogP contribution in [-0.4, -0.2) is 39.7 Å². The fourth-order valence-electron chi connectivity index (χ4n) is 2.99. The summed E-state index contributed by atoms with van der Waals surface area (Å²) in [5.41, 5.74) is 3.17. The molecule has 0 saturated carbocycles. The van der Waals surface area contributed by atoms with Gasteiger partial charge in [0, 0.05) is 32.6 Å². The first-order valence-electron chi connectivity index (χ1n) is 8.03. The molecule has 21 heavy (non-hydrogen) atoms. The number of hydrogen-bond acceptors (Lipinski definition) is 3. The zero-order valence-corrected chi connectivity index (χ0v) is 13.8. The third-order valence-electron chi connectivity index (χ3n) is 4.34. The number of amides is 1. The number of anilines is 1. The normalized spacial score (nSPS) is 17.4. The fraction of sp³-hybridized carbons (Fsp3) is 0.750. The van der Waals surface area contributed by atoms with Crippen LogP contribution in [-0.2, 0) is 11.8 Å². The van der Waals surface area contributed by atoms with E-state index in [-0.39, 0.29) is 11.9 Å². The van der Waals surface area contributed by atoms with Crippen LogP contribution in [0.5, 0.6) is 0 Å². The largest absolute Gasteiger partial charge is 0.379 e. The molecule has 0 radical (unpaired) electrons. The molecular weight excluding hydrogens is 264 g/mol. The zero-order valence-electron chi connectivity index (χ0n) is 13.8. The molecule has 1 N–H and O–H groups in total. The molecule has 2 heterocycles. The Morgan fingerprint density at radius 2 is 1.86 bits per heavy atom. The molecule has 0 spiro atoms. The van der Waals surface area contributed by atoms with Crippen molar-refractivity contribution in [1.82, 2.24) is 14.7 Å². The summed E-state index contributed by atoms with van der Waals surface area (Å²) in [5.74, 6) is 0.274. The van der Waals surface area contributed by atoms with Crippen LogP contribution in [0.2, 0.25) is 0 Å². The Bertz CT molecular complexity index is 487. The Morgan fingerprint density at radius 1 is 1.24 bits per heavy atom. The average Bonchev–Trinajstić information content (AvgIpc) is 2.68. The van der Waals surface area contributed by atoms with Gasteiger partial charge in [-0.2, -0.15) is 5.10 Å². The number of rotatable bonds is 4. The molecule has 1 aromatic rings. The van der Waals surface area contributed by atoms with E-state index in [2.05, 4.69) is 17.3 Å². The van der Waals surface area contributed by atoms with Gasteiger partial charge in [-0.05, 0) is 33.6 Å². The van der Waals surface area contributed by atoms with Gasteiger partial charge in [-0.1, -0.05) is 12.8 Å². The summed E-state index contributed by atoms with van der Waals surface area (Å²) in [6.07, 6.45) is 5.35. The second-order valence-electron chi connectivity index (χ2n) is 6.21. The van der Waals surface area contributed by atoms with Gasteiger partial charge >= 0.3 is 0 Å². The summed E-state index contributed by atoms with van der Waals surface area (Å²) in [7, 11) is 1.95. The number of aryl methyl sites for hydroxylation is 2. The molecule has 5 heteroatoms. The van der Waals surface area contributed by atoms with Gasteiger partial charge in [0.1, 0.15) is 0 Å². The van der Waals surface area contributed by atoms with Crippen LogP contribution < -0.4 is 5.32 Å². The molecule has 1 atom stereocenters. The third kappa shape index (κ3) is 3.99. The highest BCUT2D eigenvalue weighted by molar-refractivity contribution is 5.77. The first-order valence-corrected chi connectivity index (χ1v) is 8.03. The van der Waals surface area contributed by atoms with Crippen LogP contribution in [0.4, 0.5) is 5.69 Å². The maximum atomic E-state index is 12.4. The Hall–Kier alpha value is -1.52. The molecule has 1 amide bonds. The lowest BCUT2D eigenvalue weighted by Crippen LogP contribution is -2.35. The predicted molar refractivity (Wildman–Crippen MR) is 85.4 cm³/mol. The molecule has 1 aliphatic rings. The number of nitrogens with zero attached hydrogens (tertiary/aromatic N) is 3. The van der Waals surface area contributed by atoms with Crippen LogP contribution in [0.3, 0.4) is 0 Å². The van der Waals surface area contributed by atoms with E-state index >= 15 is 0 Å². The lowest BCUT2D eigenvalue weighted by Gasteiger charge is -2.23. The number of hydrogen-bond donors (Lipinski definition) is 1. The Labute approximate surface area is 127 Å². The highest BCUT2D eigenvalue weighted by atomic mass is 16.2. The average molecular weight is 292 g/mol. The number of aromatic nitrogens is 2. The van der Waals surface area contributed by atoms with Crippen LogP contribution in [0.25, 0.3) is 0 Å². The Balaban J connectivity index is 1.91. The van der Waals surface area contributed by atoms with Crippen LogP contribution in [0.15, 0.2) is 0 Å². The molecule has 5 nitrogen and oxygen atoms in total. The van der Waals surface area contributed by atoms with E-state index in [1.165, 1.54) is 12.8 Å². The highest BCUT2D eigenvalue weighted by Crippen LogP contribution is 2.20. The first kappa shape index (κ1) is 15.9. The topological polar surface area (TPSA) is 50.2 Å². The number of likely N-dealkylation sites (tertiary alicyclic amines) is 1.